The van der Waals surface area contributed by atoms with Gasteiger partial charge in [-0.1, -0.05) is 11.3 Å². The van der Waals surface area contributed by atoms with Crippen molar-refractivity contribution in [1.82, 2.24) is 4.98 Å². The summed E-state index contributed by atoms with van der Waals surface area (Å²) in [6.45, 7) is 4.25. The van der Waals surface area contributed by atoms with Gasteiger partial charge in [0.2, 0.25) is 5.13 Å². The molecule has 2 aromatic rings. The van der Waals surface area contributed by atoms with Crippen LogP contribution >= 0.6 is 34.9 Å². The third-order valence-electron chi connectivity index (χ3n) is 2.53. The van der Waals surface area contributed by atoms with E-state index in [0.717, 1.165) is 15.0 Å². The maximum atomic E-state index is 4.55. The molecule has 5 heteroatoms. The monoisotopic (exact) mass is 282 g/mol. The van der Waals surface area contributed by atoms with Gasteiger partial charge in [0.25, 0.3) is 0 Å². The number of thiazole rings is 1. The second-order valence-electron chi connectivity index (χ2n) is 3.69. The van der Waals surface area contributed by atoms with Crippen molar-refractivity contribution in [2.45, 2.75) is 13.8 Å². The number of benzene rings is 1. The van der Waals surface area contributed by atoms with E-state index < -0.39 is 0 Å². The molecule has 0 saturated carbocycles. The van der Waals surface area contributed by atoms with E-state index >= 15 is 0 Å². The third kappa shape index (κ3) is 2.84. The topological polar surface area (TPSA) is 25.2 Å². The van der Waals surface area contributed by atoms with Crippen molar-refractivity contribution in [3.05, 3.63) is 23.3 Å². The molecular formula is C12H14N2S3. The minimum Gasteiger partial charge on any atom is -0.218 e. The third-order valence-corrected chi connectivity index (χ3v) is 5.32. The van der Waals surface area contributed by atoms with E-state index in [1.807, 2.05) is 12.5 Å². The molecule has 0 N–H and O–H groups in total. The van der Waals surface area contributed by atoms with Crippen molar-refractivity contribution in [3.63, 3.8) is 0 Å². The number of aromatic nitrogens is 1. The number of aliphatic imine (C=N–C) groups is 1. The second kappa shape index (κ2) is 5.42. The Balaban J connectivity index is 2.48. The minimum atomic E-state index is 0.851. The number of nitrogens with zero attached hydrogens (tertiary/aromatic N) is 2. The Kier molecular flexibility index (Phi) is 4.12. The predicted molar refractivity (Wildman–Crippen MR) is 83.2 cm³/mol. The molecule has 0 spiro atoms. The number of hydrogen-bond donors (Lipinski definition) is 0. The summed E-state index contributed by atoms with van der Waals surface area (Å²) in [5.41, 5.74) is 3.65. The molecule has 0 unspecified atom stereocenters. The lowest BCUT2D eigenvalue weighted by Gasteiger charge is -1.96. The zero-order valence-electron chi connectivity index (χ0n) is 10.3. The van der Waals surface area contributed by atoms with Crippen molar-refractivity contribution in [1.29, 1.82) is 0 Å². The molecule has 0 amide bonds. The zero-order chi connectivity index (χ0) is 12.4. The lowest BCUT2D eigenvalue weighted by atomic mass is 10.1. The first-order valence-electron chi connectivity index (χ1n) is 5.18. The fraction of sp³-hybridized carbons (Fsp3) is 0.333. The zero-order valence-corrected chi connectivity index (χ0v) is 12.7. The van der Waals surface area contributed by atoms with Crippen LogP contribution in [-0.4, -0.2) is 21.9 Å². The molecule has 90 valence electrons. The van der Waals surface area contributed by atoms with E-state index in [1.54, 1.807) is 34.9 Å². The van der Waals surface area contributed by atoms with E-state index in [-0.39, 0.29) is 0 Å². The summed E-state index contributed by atoms with van der Waals surface area (Å²) < 4.78 is 2.27. The fourth-order valence-electron chi connectivity index (χ4n) is 1.47. The van der Waals surface area contributed by atoms with Crippen molar-refractivity contribution in [3.8, 4) is 0 Å². The summed E-state index contributed by atoms with van der Waals surface area (Å²) >= 11 is 4.98. The Morgan fingerprint density at radius 1 is 1.18 bits per heavy atom. The average molecular weight is 282 g/mol. The normalized spacial score (nSPS) is 10.8. The molecule has 0 aliphatic carbocycles. The molecule has 0 radical (unpaired) electrons. The molecule has 0 fully saturated rings. The van der Waals surface area contributed by atoms with Crippen LogP contribution in [-0.2, 0) is 0 Å². The van der Waals surface area contributed by atoms with Gasteiger partial charge in [-0.25, -0.2) is 9.98 Å². The highest BCUT2D eigenvalue weighted by molar-refractivity contribution is 8.38. The van der Waals surface area contributed by atoms with Gasteiger partial charge in [-0.3, -0.25) is 0 Å². The molecule has 1 aromatic carbocycles. The summed E-state index contributed by atoms with van der Waals surface area (Å²) in [4.78, 5) is 9.10. The molecule has 1 aromatic heterocycles. The van der Waals surface area contributed by atoms with Gasteiger partial charge < -0.3 is 0 Å². The van der Waals surface area contributed by atoms with E-state index in [4.69, 9.17) is 0 Å². The van der Waals surface area contributed by atoms with Crippen LogP contribution in [0.1, 0.15) is 11.1 Å². The summed E-state index contributed by atoms with van der Waals surface area (Å²) in [6, 6.07) is 4.33. The summed E-state index contributed by atoms with van der Waals surface area (Å²) in [5.74, 6) is 0. The van der Waals surface area contributed by atoms with Crippen molar-refractivity contribution in [2.24, 2.45) is 4.99 Å². The highest BCUT2D eigenvalue weighted by Crippen LogP contribution is 2.31. The first-order chi connectivity index (χ1) is 8.13. The number of thioether (sulfide) groups is 2. The van der Waals surface area contributed by atoms with E-state index in [9.17, 15) is 0 Å². The first-order valence-corrected chi connectivity index (χ1v) is 8.45. The Hall–Kier alpha value is -0.520. The molecule has 2 nitrogen and oxygen atoms in total. The highest BCUT2D eigenvalue weighted by atomic mass is 32.2. The van der Waals surface area contributed by atoms with Crippen LogP contribution in [0.3, 0.4) is 0 Å². The van der Waals surface area contributed by atoms with Gasteiger partial charge in [0.15, 0.2) is 0 Å². The van der Waals surface area contributed by atoms with Crippen LogP contribution in [0, 0.1) is 13.8 Å². The van der Waals surface area contributed by atoms with Gasteiger partial charge in [0.1, 0.15) is 4.38 Å². The lowest BCUT2D eigenvalue weighted by molar-refractivity contribution is 1.35. The van der Waals surface area contributed by atoms with Crippen LogP contribution in [0.4, 0.5) is 5.13 Å². The molecule has 0 bridgehead atoms. The van der Waals surface area contributed by atoms with Crippen molar-refractivity contribution >= 4 is 54.6 Å². The number of aryl methyl sites for hydroxylation is 2. The first kappa shape index (κ1) is 12.9. The van der Waals surface area contributed by atoms with Gasteiger partial charge in [-0.05, 0) is 49.6 Å². The van der Waals surface area contributed by atoms with Gasteiger partial charge in [-0.2, -0.15) is 0 Å². The van der Waals surface area contributed by atoms with Gasteiger partial charge in [0, 0.05) is 0 Å². The minimum absolute atomic E-state index is 0.851. The summed E-state index contributed by atoms with van der Waals surface area (Å²) in [7, 11) is 0. The Morgan fingerprint density at radius 3 is 2.47 bits per heavy atom. The SMILES string of the molecule is CSC(=Nc1nc2cc(C)c(C)cc2s1)SC. The number of fused-ring (bicyclic) bond motifs is 1. The predicted octanol–water partition coefficient (Wildman–Crippen LogP) is 4.63. The van der Waals surface area contributed by atoms with Crippen molar-refractivity contribution < 1.29 is 0 Å². The Labute approximate surface area is 114 Å². The second-order valence-corrected chi connectivity index (χ2v) is 6.54. The molecule has 0 saturated heterocycles. The van der Waals surface area contributed by atoms with Gasteiger partial charge in [-0.15, -0.1) is 23.5 Å². The molecule has 0 aliphatic heterocycles. The van der Waals surface area contributed by atoms with E-state index in [2.05, 4.69) is 36.0 Å². The van der Waals surface area contributed by atoms with Gasteiger partial charge in [0.05, 0.1) is 10.2 Å². The molecule has 17 heavy (non-hydrogen) atoms. The fourth-order valence-corrected chi connectivity index (χ4v) is 3.53. The smallest absolute Gasteiger partial charge is 0.211 e. The van der Waals surface area contributed by atoms with Crippen molar-refractivity contribution in [2.75, 3.05) is 12.5 Å². The Bertz CT molecular complexity index is 527. The van der Waals surface area contributed by atoms with Crippen LogP contribution in [0.25, 0.3) is 10.2 Å². The van der Waals surface area contributed by atoms with Crippen LogP contribution in [0.5, 0.6) is 0 Å². The van der Waals surface area contributed by atoms with E-state index in [0.29, 0.717) is 0 Å². The summed E-state index contributed by atoms with van der Waals surface area (Å²) in [6.07, 6.45) is 4.08. The standard InChI is InChI=1S/C12H14N2S3/c1-7-5-9-10(6-8(7)2)17-11(13-9)14-12(15-3)16-4/h5-6H,1-4H3. The largest absolute Gasteiger partial charge is 0.218 e. The lowest BCUT2D eigenvalue weighted by Crippen LogP contribution is -1.80. The maximum absolute atomic E-state index is 4.55. The number of rotatable bonds is 1. The van der Waals surface area contributed by atoms with Crippen LogP contribution < -0.4 is 0 Å². The molecule has 0 aliphatic rings. The van der Waals surface area contributed by atoms with E-state index in [1.165, 1.54) is 15.8 Å². The van der Waals surface area contributed by atoms with Gasteiger partial charge >= 0.3 is 0 Å². The maximum Gasteiger partial charge on any atom is 0.211 e. The quantitative estimate of drug-likeness (QED) is 0.563. The van der Waals surface area contributed by atoms with Crippen LogP contribution in [0.2, 0.25) is 0 Å². The highest BCUT2D eigenvalue weighted by Gasteiger charge is 2.06. The Morgan fingerprint density at radius 2 is 1.82 bits per heavy atom. The molecule has 2 rings (SSSR count). The molecule has 1 heterocycles. The molecule has 0 atom stereocenters. The summed E-state index contributed by atoms with van der Waals surface area (Å²) in [5, 5.41) is 0.851. The van der Waals surface area contributed by atoms with Crippen LogP contribution in [0.15, 0.2) is 17.1 Å². The molecular weight excluding hydrogens is 268 g/mol. The average Bonchev–Trinajstić information content (AvgIpc) is 2.68. The number of hydrogen-bond acceptors (Lipinski definition) is 5.